The summed E-state index contributed by atoms with van der Waals surface area (Å²) in [5.41, 5.74) is 3.76. The van der Waals surface area contributed by atoms with Gasteiger partial charge in [-0.3, -0.25) is 4.79 Å². The molecule has 0 saturated heterocycles. The second-order valence-corrected chi connectivity index (χ2v) is 10.1. The van der Waals surface area contributed by atoms with E-state index in [9.17, 15) is 9.59 Å². The highest BCUT2D eigenvalue weighted by atomic mass is 16.5. The van der Waals surface area contributed by atoms with Crippen LogP contribution in [0.3, 0.4) is 0 Å². The van der Waals surface area contributed by atoms with Gasteiger partial charge in [-0.15, -0.1) is 0 Å². The van der Waals surface area contributed by atoms with Gasteiger partial charge in [-0.05, 0) is 71.8 Å². The van der Waals surface area contributed by atoms with Gasteiger partial charge in [0.1, 0.15) is 11.5 Å². The molecule has 0 aliphatic carbocycles. The molecule has 0 aliphatic heterocycles. The molecule has 0 amide bonds. The van der Waals surface area contributed by atoms with E-state index in [1.54, 1.807) is 24.3 Å². The van der Waals surface area contributed by atoms with Crippen LogP contribution in [0, 0.1) is 5.92 Å². The molecule has 208 valence electrons. The molecule has 3 rings (SSSR count). The molecule has 0 spiro atoms. The number of unbranched alkanes of at least 4 members (excludes halogenated alkanes) is 4. The van der Waals surface area contributed by atoms with Crippen LogP contribution < -0.4 is 9.47 Å². The fourth-order valence-electron chi connectivity index (χ4n) is 4.01. The Labute approximate surface area is 233 Å². The van der Waals surface area contributed by atoms with E-state index in [-0.39, 0.29) is 18.4 Å². The summed E-state index contributed by atoms with van der Waals surface area (Å²) < 4.78 is 16.6. The van der Waals surface area contributed by atoms with Crippen LogP contribution in [0.4, 0.5) is 0 Å². The molecular weight excluding hydrogens is 488 g/mol. The van der Waals surface area contributed by atoms with E-state index < -0.39 is 0 Å². The molecule has 5 nitrogen and oxygen atoms in total. The van der Waals surface area contributed by atoms with Crippen LogP contribution >= 0.6 is 0 Å². The van der Waals surface area contributed by atoms with Crippen molar-refractivity contribution >= 4 is 11.9 Å². The van der Waals surface area contributed by atoms with E-state index in [0.717, 1.165) is 41.9 Å². The molecule has 0 heterocycles. The van der Waals surface area contributed by atoms with Crippen LogP contribution in [0.25, 0.3) is 11.1 Å². The Morgan fingerprint density at radius 2 is 1.36 bits per heavy atom. The second-order valence-electron chi connectivity index (χ2n) is 10.1. The van der Waals surface area contributed by atoms with Gasteiger partial charge in [0.15, 0.2) is 0 Å². The Bertz CT molecular complexity index is 1130. The van der Waals surface area contributed by atoms with Gasteiger partial charge in [0, 0.05) is 6.42 Å². The van der Waals surface area contributed by atoms with Crippen molar-refractivity contribution in [2.75, 3.05) is 13.2 Å². The van der Waals surface area contributed by atoms with E-state index in [0.29, 0.717) is 30.3 Å². The molecule has 0 fully saturated rings. The fourth-order valence-corrected chi connectivity index (χ4v) is 4.01. The maximum atomic E-state index is 12.4. The minimum Gasteiger partial charge on any atom is -0.494 e. The molecule has 5 heteroatoms. The molecule has 0 N–H and O–H groups in total. The summed E-state index contributed by atoms with van der Waals surface area (Å²) in [5, 5.41) is 0. The molecule has 0 radical (unpaired) electrons. The molecule has 3 aromatic rings. The fraction of sp³-hybridized carbons (Fsp3) is 0.412. The van der Waals surface area contributed by atoms with Crippen LogP contribution in [0.15, 0.2) is 72.8 Å². The molecule has 0 bridgehead atoms. The highest BCUT2D eigenvalue weighted by Crippen LogP contribution is 2.24. The SMILES string of the molecule is CCCCCCCOc1ccc(-c2ccc(CCC(=O)Oc3ccc(C(=O)OCC(C)CC)cc3)cc2)cc1. The number of hydrogen-bond acceptors (Lipinski definition) is 5. The molecule has 39 heavy (non-hydrogen) atoms. The average Bonchev–Trinajstić information content (AvgIpc) is 2.97. The number of carbonyl (C=O) groups excluding carboxylic acids is 2. The third kappa shape index (κ3) is 10.6. The predicted octanol–water partition coefficient (Wildman–Crippen LogP) is 8.44. The monoisotopic (exact) mass is 530 g/mol. The molecular formula is C34H42O5. The first-order chi connectivity index (χ1) is 19.0. The molecule has 0 aliphatic rings. The van der Waals surface area contributed by atoms with Gasteiger partial charge in [-0.25, -0.2) is 4.79 Å². The van der Waals surface area contributed by atoms with Crippen LogP contribution in [-0.2, 0) is 16.0 Å². The molecule has 1 atom stereocenters. The van der Waals surface area contributed by atoms with Gasteiger partial charge in [0.05, 0.1) is 18.8 Å². The van der Waals surface area contributed by atoms with Gasteiger partial charge in [0.25, 0.3) is 0 Å². The van der Waals surface area contributed by atoms with Crippen molar-refractivity contribution in [3.05, 3.63) is 83.9 Å². The Balaban J connectivity index is 1.40. The van der Waals surface area contributed by atoms with Crippen molar-refractivity contribution in [1.29, 1.82) is 0 Å². The second kappa shape index (κ2) is 16.4. The lowest BCUT2D eigenvalue weighted by Gasteiger charge is -2.10. The Hall–Kier alpha value is -3.60. The van der Waals surface area contributed by atoms with Crippen molar-refractivity contribution in [2.24, 2.45) is 5.92 Å². The number of rotatable bonds is 16. The normalized spacial score (nSPS) is 11.6. The first-order valence-corrected chi connectivity index (χ1v) is 14.3. The Kier molecular flexibility index (Phi) is 12.6. The molecule has 3 aromatic carbocycles. The zero-order chi connectivity index (χ0) is 27.9. The predicted molar refractivity (Wildman–Crippen MR) is 156 cm³/mol. The quantitative estimate of drug-likeness (QED) is 0.106. The summed E-state index contributed by atoms with van der Waals surface area (Å²) in [6, 6.07) is 22.9. The summed E-state index contributed by atoms with van der Waals surface area (Å²) in [6.45, 7) is 7.48. The van der Waals surface area contributed by atoms with Gasteiger partial charge in [0.2, 0.25) is 0 Å². The van der Waals surface area contributed by atoms with Crippen LogP contribution in [-0.4, -0.2) is 25.2 Å². The van der Waals surface area contributed by atoms with Crippen LogP contribution in [0.2, 0.25) is 0 Å². The number of carbonyl (C=O) groups is 2. The highest BCUT2D eigenvalue weighted by Gasteiger charge is 2.11. The molecule has 0 aromatic heterocycles. The number of aryl methyl sites for hydroxylation is 1. The van der Waals surface area contributed by atoms with Gasteiger partial charge < -0.3 is 14.2 Å². The minimum absolute atomic E-state index is 0.266. The van der Waals surface area contributed by atoms with E-state index in [1.807, 2.05) is 31.2 Å². The zero-order valence-corrected chi connectivity index (χ0v) is 23.6. The summed E-state index contributed by atoms with van der Waals surface area (Å²) in [5.74, 6) is 0.964. The number of esters is 2. The topological polar surface area (TPSA) is 61.8 Å². The van der Waals surface area contributed by atoms with Crippen molar-refractivity contribution in [3.8, 4) is 22.6 Å². The van der Waals surface area contributed by atoms with Crippen molar-refractivity contribution in [3.63, 3.8) is 0 Å². The van der Waals surface area contributed by atoms with Gasteiger partial charge >= 0.3 is 11.9 Å². The number of ether oxygens (including phenoxy) is 3. The van der Waals surface area contributed by atoms with E-state index in [1.165, 1.54) is 25.7 Å². The summed E-state index contributed by atoms with van der Waals surface area (Å²) in [6.07, 6.45) is 7.96. The standard InChI is InChI=1S/C34H42O5/c1-4-6-7-8-9-24-37-31-19-15-29(16-20-31)28-13-10-27(11-14-28)12-23-33(35)39-32-21-17-30(18-22-32)34(36)38-25-26(3)5-2/h10-11,13-22,26H,4-9,12,23-25H2,1-3H3. The summed E-state index contributed by atoms with van der Waals surface area (Å²) in [4.78, 5) is 24.5. The lowest BCUT2D eigenvalue weighted by Crippen LogP contribution is -2.12. The Morgan fingerprint density at radius 3 is 2.00 bits per heavy atom. The summed E-state index contributed by atoms with van der Waals surface area (Å²) >= 11 is 0. The zero-order valence-electron chi connectivity index (χ0n) is 23.6. The Morgan fingerprint density at radius 1 is 0.744 bits per heavy atom. The van der Waals surface area contributed by atoms with Crippen molar-refractivity contribution < 1.29 is 23.8 Å². The first kappa shape index (κ1) is 29.9. The maximum Gasteiger partial charge on any atom is 0.338 e. The molecule has 1 unspecified atom stereocenters. The smallest absolute Gasteiger partial charge is 0.338 e. The van der Waals surface area contributed by atoms with Crippen molar-refractivity contribution in [1.82, 2.24) is 0 Å². The third-order valence-electron chi connectivity index (χ3n) is 6.79. The number of hydrogen-bond donors (Lipinski definition) is 0. The summed E-state index contributed by atoms with van der Waals surface area (Å²) in [7, 11) is 0. The third-order valence-corrected chi connectivity index (χ3v) is 6.79. The largest absolute Gasteiger partial charge is 0.494 e. The van der Waals surface area contributed by atoms with Gasteiger partial charge in [-0.2, -0.15) is 0 Å². The van der Waals surface area contributed by atoms with E-state index in [4.69, 9.17) is 14.2 Å². The minimum atomic E-state index is -0.367. The maximum absolute atomic E-state index is 12.4. The highest BCUT2D eigenvalue weighted by molar-refractivity contribution is 5.89. The molecule has 0 saturated carbocycles. The van der Waals surface area contributed by atoms with Crippen molar-refractivity contribution in [2.45, 2.75) is 72.1 Å². The number of benzene rings is 3. The average molecular weight is 531 g/mol. The van der Waals surface area contributed by atoms with E-state index >= 15 is 0 Å². The lowest BCUT2D eigenvalue weighted by atomic mass is 10.0. The van der Waals surface area contributed by atoms with Crippen LogP contribution in [0.5, 0.6) is 11.5 Å². The van der Waals surface area contributed by atoms with Gasteiger partial charge in [-0.1, -0.05) is 89.3 Å². The van der Waals surface area contributed by atoms with E-state index in [2.05, 4.69) is 38.1 Å². The lowest BCUT2D eigenvalue weighted by molar-refractivity contribution is -0.134. The van der Waals surface area contributed by atoms with Crippen LogP contribution in [0.1, 0.15) is 81.6 Å². The first-order valence-electron chi connectivity index (χ1n) is 14.3.